The molecule has 0 unspecified atom stereocenters. The van der Waals surface area contributed by atoms with Crippen molar-refractivity contribution in [1.82, 2.24) is 0 Å². The zero-order chi connectivity index (χ0) is 13.1. The van der Waals surface area contributed by atoms with Crippen LogP contribution < -0.4 is 4.74 Å². The van der Waals surface area contributed by atoms with E-state index in [2.05, 4.69) is 47.8 Å². The average molecular weight is 439 g/mol. The molecule has 2 aromatic rings. The van der Waals surface area contributed by atoms with Gasteiger partial charge in [-0.25, -0.2) is 4.39 Å². The predicted molar refractivity (Wildman–Crippen MR) is 80.9 cm³/mol. The Morgan fingerprint density at radius 2 is 1.83 bits per heavy atom. The quantitative estimate of drug-likeness (QED) is 0.531. The molecule has 2 aromatic carbocycles. The number of alkyl halides is 1. The molecule has 0 aliphatic heterocycles. The minimum absolute atomic E-state index is 0.197. The number of hydrogen-bond donors (Lipinski definition) is 0. The molecule has 18 heavy (non-hydrogen) atoms. The van der Waals surface area contributed by atoms with Gasteiger partial charge >= 0.3 is 0 Å². The molecule has 0 fully saturated rings. The van der Waals surface area contributed by atoms with Crippen LogP contribution in [0.25, 0.3) is 0 Å². The molecule has 0 amide bonds. The highest BCUT2D eigenvalue weighted by Gasteiger charge is 2.07. The van der Waals surface area contributed by atoms with Gasteiger partial charge in [-0.05, 0) is 35.9 Å². The first-order chi connectivity index (χ1) is 8.60. The largest absolute Gasteiger partial charge is 0.454 e. The van der Waals surface area contributed by atoms with Gasteiger partial charge in [-0.2, -0.15) is 0 Å². The number of halogens is 4. The first-order valence-electron chi connectivity index (χ1n) is 5.07. The van der Waals surface area contributed by atoms with Crippen LogP contribution in [0.5, 0.6) is 11.5 Å². The molecule has 0 aliphatic rings. The van der Waals surface area contributed by atoms with Crippen molar-refractivity contribution in [3.05, 3.63) is 56.7 Å². The van der Waals surface area contributed by atoms with Gasteiger partial charge in [-0.3, -0.25) is 0 Å². The second-order valence-corrected chi connectivity index (χ2v) is 5.89. The van der Waals surface area contributed by atoms with Crippen molar-refractivity contribution in [1.29, 1.82) is 0 Å². The summed E-state index contributed by atoms with van der Waals surface area (Å²) in [6, 6.07) is 10.1. The molecule has 0 spiro atoms. The van der Waals surface area contributed by atoms with Crippen LogP contribution in [0.1, 0.15) is 5.56 Å². The highest BCUT2D eigenvalue weighted by Crippen LogP contribution is 2.30. The third-order valence-electron chi connectivity index (χ3n) is 2.29. The molecule has 0 heterocycles. The average Bonchev–Trinajstić information content (AvgIpc) is 2.34. The van der Waals surface area contributed by atoms with E-state index in [9.17, 15) is 4.39 Å². The Morgan fingerprint density at radius 3 is 2.50 bits per heavy atom. The first kappa shape index (κ1) is 14.0. The van der Waals surface area contributed by atoms with Crippen molar-refractivity contribution in [2.24, 2.45) is 0 Å². The van der Waals surface area contributed by atoms with Gasteiger partial charge < -0.3 is 4.74 Å². The van der Waals surface area contributed by atoms with Crippen molar-refractivity contribution in [2.45, 2.75) is 5.33 Å². The molecule has 0 atom stereocenters. The Kier molecular flexibility index (Phi) is 4.81. The minimum atomic E-state index is -0.390. The summed E-state index contributed by atoms with van der Waals surface area (Å²) in [5.74, 6) is 0.394. The second-order valence-electron chi connectivity index (χ2n) is 3.56. The fourth-order valence-electron chi connectivity index (χ4n) is 1.38. The maximum Gasteiger partial charge on any atom is 0.165 e. The van der Waals surface area contributed by atoms with Crippen LogP contribution >= 0.6 is 47.8 Å². The van der Waals surface area contributed by atoms with E-state index in [0.717, 1.165) is 19.8 Å². The van der Waals surface area contributed by atoms with E-state index in [-0.39, 0.29) is 11.6 Å². The van der Waals surface area contributed by atoms with Crippen LogP contribution in [0.2, 0.25) is 0 Å². The molecule has 0 N–H and O–H groups in total. The van der Waals surface area contributed by atoms with Gasteiger partial charge in [-0.15, -0.1) is 0 Å². The molecule has 1 nitrogen and oxygen atoms in total. The molecule has 0 aliphatic carbocycles. The maximum absolute atomic E-state index is 13.5. The fourth-order valence-corrected chi connectivity index (χ4v) is 3.09. The highest BCUT2D eigenvalue weighted by atomic mass is 79.9. The topological polar surface area (TPSA) is 9.23 Å². The summed E-state index contributed by atoms with van der Waals surface area (Å²) in [6.07, 6.45) is 0. The third-order valence-corrected chi connectivity index (χ3v) is 4.13. The van der Waals surface area contributed by atoms with E-state index < -0.39 is 0 Å². The van der Waals surface area contributed by atoms with Crippen molar-refractivity contribution in [3.8, 4) is 11.5 Å². The summed E-state index contributed by atoms with van der Waals surface area (Å²) in [6.45, 7) is 0. The molecule has 5 heteroatoms. The Bertz CT molecular complexity index is 572. The van der Waals surface area contributed by atoms with Crippen LogP contribution in [-0.4, -0.2) is 0 Å². The molecule has 0 bridgehead atoms. The third kappa shape index (κ3) is 3.33. The van der Waals surface area contributed by atoms with Gasteiger partial charge in [0.1, 0.15) is 5.75 Å². The van der Waals surface area contributed by atoms with E-state index in [0.29, 0.717) is 5.75 Å². The Balaban J connectivity index is 2.28. The van der Waals surface area contributed by atoms with Gasteiger partial charge in [0.2, 0.25) is 0 Å². The fraction of sp³-hybridized carbons (Fsp3) is 0.0769. The van der Waals surface area contributed by atoms with E-state index in [1.807, 2.05) is 18.2 Å². The molecule has 0 radical (unpaired) electrons. The molecule has 0 saturated carbocycles. The van der Waals surface area contributed by atoms with Gasteiger partial charge in [0, 0.05) is 14.3 Å². The zero-order valence-electron chi connectivity index (χ0n) is 9.09. The lowest BCUT2D eigenvalue weighted by Gasteiger charge is -2.09. The second kappa shape index (κ2) is 6.17. The first-order valence-corrected chi connectivity index (χ1v) is 7.78. The lowest BCUT2D eigenvalue weighted by Crippen LogP contribution is -1.89. The standard InChI is InChI=1S/C13H8Br3FO/c14-7-8-1-3-10(6-11(8)16)18-13-5-9(15)2-4-12(13)17/h1-6H,7H2. The SMILES string of the molecule is Fc1ccc(Br)cc1Oc1ccc(CBr)c(Br)c1. The molecule has 94 valence electrons. The monoisotopic (exact) mass is 436 g/mol. The summed E-state index contributed by atoms with van der Waals surface area (Å²) < 4.78 is 20.8. The van der Waals surface area contributed by atoms with E-state index >= 15 is 0 Å². The Labute approximate surface area is 130 Å². The van der Waals surface area contributed by atoms with Crippen molar-refractivity contribution in [2.75, 3.05) is 0 Å². The molecule has 0 saturated heterocycles. The van der Waals surface area contributed by atoms with E-state index in [1.165, 1.54) is 6.07 Å². The summed E-state index contributed by atoms with van der Waals surface area (Å²) in [5, 5.41) is 0.749. The number of benzene rings is 2. The summed E-state index contributed by atoms with van der Waals surface area (Å²) >= 11 is 10.1. The zero-order valence-corrected chi connectivity index (χ0v) is 13.8. The smallest absolute Gasteiger partial charge is 0.165 e. The minimum Gasteiger partial charge on any atom is -0.454 e. The lowest BCUT2D eigenvalue weighted by atomic mass is 10.2. The summed E-state index contributed by atoms with van der Waals surface area (Å²) in [5.41, 5.74) is 1.11. The van der Waals surface area contributed by atoms with Crippen LogP contribution in [0, 0.1) is 5.82 Å². The van der Waals surface area contributed by atoms with Gasteiger partial charge in [0.15, 0.2) is 11.6 Å². The summed E-state index contributed by atoms with van der Waals surface area (Å²) in [7, 11) is 0. The maximum atomic E-state index is 13.5. The van der Waals surface area contributed by atoms with Gasteiger partial charge in [0.05, 0.1) is 0 Å². The molecule has 0 aromatic heterocycles. The van der Waals surface area contributed by atoms with Crippen molar-refractivity contribution >= 4 is 47.8 Å². The Hall–Kier alpha value is -0.390. The highest BCUT2D eigenvalue weighted by molar-refractivity contribution is 9.11. The van der Waals surface area contributed by atoms with Gasteiger partial charge in [-0.1, -0.05) is 53.9 Å². The van der Waals surface area contributed by atoms with Crippen molar-refractivity contribution in [3.63, 3.8) is 0 Å². The van der Waals surface area contributed by atoms with Crippen LogP contribution in [0.3, 0.4) is 0 Å². The molecular formula is C13H8Br3FO. The van der Waals surface area contributed by atoms with Crippen LogP contribution in [0.15, 0.2) is 45.3 Å². The number of hydrogen-bond acceptors (Lipinski definition) is 1. The molecular weight excluding hydrogens is 431 g/mol. The van der Waals surface area contributed by atoms with E-state index in [1.54, 1.807) is 12.1 Å². The normalized spacial score (nSPS) is 10.4. The van der Waals surface area contributed by atoms with E-state index in [4.69, 9.17) is 4.74 Å². The van der Waals surface area contributed by atoms with Crippen LogP contribution in [0.4, 0.5) is 4.39 Å². The Morgan fingerprint density at radius 1 is 1.06 bits per heavy atom. The number of ether oxygens (including phenoxy) is 1. The lowest BCUT2D eigenvalue weighted by molar-refractivity contribution is 0.441. The predicted octanol–water partition coefficient (Wildman–Crippen LogP) is 6.04. The van der Waals surface area contributed by atoms with Crippen LogP contribution in [-0.2, 0) is 5.33 Å². The summed E-state index contributed by atoms with van der Waals surface area (Å²) in [4.78, 5) is 0. The van der Waals surface area contributed by atoms with Gasteiger partial charge in [0.25, 0.3) is 0 Å². The van der Waals surface area contributed by atoms with Crippen molar-refractivity contribution < 1.29 is 9.13 Å². The number of rotatable bonds is 3. The molecule has 2 rings (SSSR count).